The van der Waals surface area contributed by atoms with Gasteiger partial charge in [0.25, 0.3) is 0 Å². The van der Waals surface area contributed by atoms with Crippen molar-refractivity contribution in [3.63, 3.8) is 0 Å². The number of anilines is 2. The molecular formula is C15H18N4O. The number of nitrogens with two attached hydrogens (primary N) is 1. The molecule has 5 nitrogen and oxygen atoms in total. The molecule has 0 unspecified atom stereocenters. The largest absolute Gasteiger partial charge is 0.383 e. The molecule has 2 heterocycles. The first-order chi connectivity index (χ1) is 9.75. The van der Waals surface area contributed by atoms with Crippen LogP contribution >= 0.6 is 0 Å². The van der Waals surface area contributed by atoms with Crippen LogP contribution in [0.1, 0.15) is 5.69 Å². The molecule has 2 aromatic rings. The third-order valence-corrected chi connectivity index (χ3v) is 3.46. The predicted molar refractivity (Wildman–Crippen MR) is 79.6 cm³/mol. The maximum atomic E-state index is 6.15. The minimum atomic E-state index is 0.533. The quantitative estimate of drug-likeness (QED) is 0.902. The SMILES string of the molecule is Cc1nc(N2CCOCC2)nc(N)c1-c1ccccc1. The molecule has 2 N–H and O–H groups in total. The number of hydrogen-bond donors (Lipinski definition) is 1. The summed E-state index contributed by atoms with van der Waals surface area (Å²) in [6.45, 7) is 5.02. The maximum absolute atomic E-state index is 6.15. The molecule has 104 valence electrons. The van der Waals surface area contributed by atoms with Gasteiger partial charge in [0, 0.05) is 18.7 Å². The van der Waals surface area contributed by atoms with Crippen LogP contribution < -0.4 is 10.6 Å². The Labute approximate surface area is 118 Å². The molecule has 1 aromatic heterocycles. The van der Waals surface area contributed by atoms with E-state index in [-0.39, 0.29) is 0 Å². The van der Waals surface area contributed by atoms with Crippen molar-refractivity contribution >= 4 is 11.8 Å². The molecule has 0 amide bonds. The highest BCUT2D eigenvalue weighted by atomic mass is 16.5. The van der Waals surface area contributed by atoms with Crippen molar-refractivity contribution in [2.45, 2.75) is 6.92 Å². The number of ether oxygens (including phenoxy) is 1. The summed E-state index contributed by atoms with van der Waals surface area (Å²) in [5.41, 5.74) is 9.03. The zero-order chi connectivity index (χ0) is 13.9. The minimum absolute atomic E-state index is 0.533. The van der Waals surface area contributed by atoms with Gasteiger partial charge in [-0.15, -0.1) is 0 Å². The van der Waals surface area contributed by atoms with E-state index in [1.807, 2.05) is 37.3 Å². The first-order valence-electron chi connectivity index (χ1n) is 6.78. The van der Waals surface area contributed by atoms with Crippen LogP contribution in [0.15, 0.2) is 30.3 Å². The van der Waals surface area contributed by atoms with E-state index in [0.717, 1.165) is 29.9 Å². The number of nitrogen functional groups attached to an aromatic ring is 1. The average Bonchev–Trinajstić information content (AvgIpc) is 2.48. The Kier molecular flexibility index (Phi) is 3.52. The topological polar surface area (TPSA) is 64.3 Å². The predicted octanol–water partition coefficient (Wildman–Crippen LogP) is 1.87. The fourth-order valence-electron chi connectivity index (χ4n) is 2.45. The number of nitrogens with zero attached hydrogens (tertiary/aromatic N) is 3. The summed E-state index contributed by atoms with van der Waals surface area (Å²) in [4.78, 5) is 11.2. The molecule has 5 heteroatoms. The van der Waals surface area contributed by atoms with Crippen LogP contribution in [0.2, 0.25) is 0 Å². The first kappa shape index (κ1) is 12.9. The molecule has 0 bridgehead atoms. The smallest absolute Gasteiger partial charge is 0.227 e. The molecule has 0 saturated carbocycles. The van der Waals surface area contributed by atoms with E-state index in [4.69, 9.17) is 10.5 Å². The van der Waals surface area contributed by atoms with Gasteiger partial charge < -0.3 is 15.4 Å². The number of morpholine rings is 1. The fourth-order valence-corrected chi connectivity index (χ4v) is 2.45. The van der Waals surface area contributed by atoms with Crippen LogP contribution in [0, 0.1) is 6.92 Å². The van der Waals surface area contributed by atoms with E-state index in [9.17, 15) is 0 Å². The van der Waals surface area contributed by atoms with Crippen LogP contribution in [-0.4, -0.2) is 36.3 Å². The van der Waals surface area contributed by atoms with E-state index in [0.29, 0.717) is 25.0 Å². The molecule has 1 aliphatic heterocycles. The number of benzene rings is 1. The Morgan fingerprint density at radius 3 is 2.45 bits per heavy atom. The van der Waals surface area contributed by atoms with Crippen molar-refractivity contribution in [1.29, 1.82) is 0 Å². The molecule has 1 aliphatic rings. The van der Waals surface area contributed by atoms with Crippen molar-refractivity contribution < 1.29 is 4.74 Å². The lowest BCUT2D eigenvalue weighted by Crippen LogP contribution is -2.37. The third-order valence-electron chi connectivity index (χ3n) is 3.46. The van der Waals surface area contributed by atoms with Gasteiger partial charge in [-0.2, -0.15) is 4.98 Å². The minimum Gasteiger partial charge on any atom is -0.383 e. The van der Waals surface area contributed by atoms with Crippen LogP contribution in [0.5, 0.6) is 0 Å². The average molecular weight is 270 g/mol. The summed E-state index contributed by atoms with van der Waals surface area (Å²) in [6.07, 6.45) is 0. The summed E-state index contributed by atoms with van der Waals surface area (Å²) >= 11 is 0. The van der Waals surface area contributed by atoms with E-state index < -0.39 is 0 Å². The molecule has 0 aliphatic carbocycles. The van der Waals surface area contributed by atoms with Crippen LogP contribution in [-0.2, 0) is 4.74 Å². The highest BCUT2D eigenvalue weighted by Crippen LogP contribution is 2.28. The molecule has 3 rings (SSSR count). The molecular weight excluding hydrogens is 252 g/mol. The zero-order valence-corrected chi connectivity index (χ0v) is 11.5. The maximum Gasteiger partial charge on any atom is 0.227 e. The summed E-state index contributed by atoms with van der Waals surface area (Å²) < 4.78 is 5.35. The van der Waals surface area contributed by atoms with Gasteiger partial charge in [-0.1, -0.05) is 30.3 Å². The highest BCUT2D eigenvalue weighted by molar-refractivity contribution is 5.76. The normalized spacial score (nSPS) is 15.3. The Morgan fingerprint density at radius 1 is 1.10 bits per heavy atom. The molecule has 1 aromatic carbocycles. The van der Waals surface area contributed by atoms with Crippen molar-refractivity contribution in [3.05, 3.63) is 36.0 Å². The summed E-state index contributed by atoms with van der Waals surface area (Å²) in [7, 11) is 0. The molecule has 0 radical (unpaired) electrons. The second kappa shape index (κ2) is 5.46. The standard InChI is InChI=1S/C15H18N4O/c1-11-13(12-5-3-2-4-6-12)14(16)18-15(17-11)19-7-9-20-10-8-19/h2-6H,7-10H2,1H3,(H2,16,17,18). The highest BCUT2D eigenvalue weighted by Gasteiger charge is 2.17. The Hall–Kier alpha value is -2.14. The summed E-state index contributed by atoms with van der Waals surface area (Å²) in [5, 5.41) is 0. The zero-order valence-electron chi connectivity index (χ0n) is 11.5. The molecule has 20 heavy (non-hydrogen) atoms. The third kappa shape index (κ3) is 2.44. The van der Waals surface area contributed by atoms with Crippen molar-refractivity contribution in [2.24, 2.45) is 0 Å². The molecule has 0 atom stereocenters. The van der Waals surface area contributed by atoms with Crippen LogP contribution in [0.25, 0.3) is 11.1 Å². The number of aryl methyl sites for hydroxylation is 1. The second-order valence-electron chi connectivity index (χ2n) is 4.83. The van der Waals surface area contributed by atoms with E-state index in [1.54, 1.807) is 0 Å². The second-order valence-corrected chi connectivity index (χ2v) is 4.83. The van der Waals surface area contributed by atoms with Gasteiger partial charge in [0.15, 0.2) is 0 Å². The number of hydrogen-bond acceptors (Lipinski definition) is 5. The van der Waals surface area contributed by atoms with Gasteiger partial charge >= 0.3 is 0 Å². The Morgan fingerprint density at radius 2 is 1.80 bits per heavy atom. The van der Waals surface area contributed by atoms with Crippen LogP contribution in [0.3, 0.4) is 0 Å². The molecule has 1 fully saturated rings. The fraction of sp³-hybridized carbons (Fsp3) is 0.333. The Bertz CT molecular complexity index is 571. The van der Waals surface area contributed by atoms with Gasteiger partial charge in [-0.05, 0) is 12.5 Å². The lowest BCUT2D eigenvalue weighted by Gasteiger charge is -2.27. The lowest BCUT2D eigenvalue weighted by atomic mass is 10.1. The van der Waals surface area contributed by atoms with Crippen molar-refractivity contribution in [3.8, 4) is 11.1 Å². The van der Waals surface area contributed by atoms with E-state index in [1.165, 1.54) is 0 Å². The van der Waals surface area contributed by atoms with Crippen LogP contribution in [0.4, 0.5) is 11.8 Å². The summed E-state index contributed by atoms with van der Waals surface area (Å²) in [6, 6.07) is 10.0. The molecule has 1 saturated heterocycles. The van der Waals surface area contributed by atoms with Crippen molar-refractivity contribution in [2.75, 3.05) is 36.9 Å². The van der Waals surface area contributed by atoms with E-state index in [2.05, 4.69) is 14.9 Å². The monoisotopic (exact) mass is 270 g/mol. The number of aromatic nitrogens is 2. The van der Waals surface area contributed by atoms with Gasteiger partial charge in [0.1, 0.15) is 5.82 Å². The summed E-state index contributed by atoms with van der Waals surface area (Å²) in [5.74, 6) is 1.23. The van der Waals surface area contributed by atoms with Gasteiger partial charge in [-0.25, -0.2) is 4.98 Å². The Balaban J connectivity index is 1.98. The van der Waals surface area contributed by atoms with Gasteiger partial charge in [-0.3, -0.25) is 0 Å². The van der Waals surface area contributed by atoms with E-state index >= 15 is 0 Å². The number of rotatable bonds is 2. The van der Waals surface area contributed by atoms with Gasteiger partial charge in [0.05, 0.1) is 18.9 Å². The van der Waals surface area contributed by atoms with Crippen molar-refractivity contribution in [1.82, 2.24) is 9.97 Å². The van der Waals surface area contributed by atoms with Gasteiger partial charge in [0.2, 0.25) is 5.95 Å². The lowest BCUT2D eigenvalue weighted by molar-refractivity contribution is 0.122. The molecule has 0 spiro atoms. The first-order valence-corrected chi connectivity index (χ1v) is 6.78.